The Balaban J connectivity index is 1.61. The molecule has 1 aliphatic carbocycles. The van der Waals surface area contributed by atoms with Gasteiger partial charge in [0.25, 0.3) is 0 Å². The van der Waals surface area contributed by atoms with Crippen molar-refractivity contribution in [2.45, 2.75) is 44.9 Å². The van der Waals surface area contributed by atoms with Gasteiger partial charge in [0.1, 0.15) is 0 Å². The van der Waals surface area contributed by atoms with E-state index in [-0.39, 0.29) is 11.8 Å². The Bertz CT molecular complexity index is 494. The molecule has 5 heteroatoms. The molecule has 1 aromatic heterocycles. The zero-order valence-electron chi connectivity index (χ0n) is 13.2. The van der Waals surface area contributed by atoms with E-state index in [1.165, 1.54) is 0 Å². The Kier molecular flexibility index (Phi) is 5.05. The van der Waals surface area contributed by atoms with Crippen LogP contribution < -0.4 is 5.32 Å². The van der Waals surface area contributed by atoms with Gasteiger partial charge in [0.05, 0.1) is 12.7 Å². The lowest BCUT2D eigenvalue weighted by Gasteiger charge is -2.40. The molecule has 22 heavy (non-hydrogen) atoms. The zero-order chi connectivity index (χ0) is 15.4. The molecule has 2 aliphatic rings. The van der Waals surface area contributed by atoms with Crippen molar-refractivity contribution in [1.29, 1.82) is 0 Å². The highest BCUT2D eigenvalue weighted by Gasteiger charge is 2.37. The second-order valence-corrected chi connectivity index (χ2v) is 6.19. The van der Waals surface area contributed by atoms with Crippen LogP contribution in [0, 0.1) is 5.92 Å². The molecule has 1 saturated heterocycles. The molecule has 0 unspecified atom stereocenters. The van der Waals surface area contributed by atoms with Crippen molar-refractivity contribution in [1.82, 2.24) is 15.2 Å². The van der Waals surface area contributed by atoms with Gasteiger partial charge >= 0.3 is 0 Å². The van der Waals surface area contributed by atoms with Crippen LogP contribution in [0.4, 0.5) is 0 Å². The van der Waals surface area contributed by atoms with E-state index in [1.54, 1.807) is 12.4 Å². The molecule has 1 aliphatic heterocycles. The van der Waals surface area contributed by atoms with Crippen molar-refractivity contribution in [2.24, 2.45) is 5.92 Å². The topological polar surface area (TPSA) is 54.5 Å². The molecule has 1 N–H and O–H groups in total. The summed E-state index contributed by atoms with van der Waals surface area (Å²) in [7, 11) is 0. The maximum Gasteiger partial charge on any atom is 0.226 e. The molecule has 5 nitrogen and oxygen atoms in total. The number of pyridine rings is 1. The fraction of sp³-hybridized carbons (Fsp3) is 0.647. The lowest BCUT2D eigenvalue weighted by atomic mass is 9.82. The average Bonchev–Trinajstić information content (AvgIpc) is 2.59. The minimum atomic E-state index is 0.122. The predicted molar refractivity (Wildman–Crippen MR) is 84.2 cm³/mol. The van der Waals surface area contributed by atoms with Gasteiger partial charge in [-0.05, 0) is 43.9 Å². The molecule has 120 valence electrons. The molecule has 0 aromatic carbocycles. The molecule has 0 bridgehead atoms. The van der Waals surface area contributed by atoms with Crippen LogP contribution in [0.15, 0.2) is 24.5 Å². The number of carbonyl (C=O) groups excluding carboxylic acids is 1. The summed E-state index contributed by atoms with van der Waals surface area (Å²) in [5, 5.41) is 3.51. The second kappa shape index (κ2) is 7.20. The van der Waals surface area contributed by atoms with E-state index in [0.29, 0.717) is 18.7 Å². The van der Waals surface area contributed by atoms with E-state index in [4.69, 9.17) is 4.74 Å². The highest BCUT2D eigenvalue weighted by molar-refractivity contribution is 5.79. The van der Waals surface area contributed by atoms with E-state index in [9.17, 15) is 4.79 Å². The predicted octanol–water partition coefficient (Wildman–Crippen LogP) is 1.59. The second-order valence-electron chi connectivity index (χ2n) is 6.19. The highest BCUT2D eigenvalue weighted by atomic mass is 16.5. The minimum Gasteiger partial charge on any atom is -0.375 e. The van der Waals surface area contributed by atoms with E-state index < -0.39 is 0 Å². The van der Waals surface area contributed by atoms with Crippen LogP contribution in [-0.2, 0) is 16.1 Å². The monoisotopic (exact) mass is 303 g/mol. The number of aromatic nitrogens is 1. The number of hydrogen-bond acceptors (Lipinski definition) is 4. The van der Waals surface area contributed by atoms with Gasteiger partial charge in [0.15, 0.2) is 0 Å². The van der Waals surface area contributed by atoms with Crippen LogP contribution in [-0.4, -0.2) is 47.6 Å². The minimum absolute atomic E-state index is 0.122. The molecule has 2 heterocycles. The Hall–Kier alpha value is -1.46. The highest BCUT2D eigenvalue weighted by Crippen LogP contribution is 2.29. The Morgan fingerprint density at radius 1 is 1.41 bits per heavy atom. The maximum absolute atomic E-state index is 12.8. The van der Waals surface area contributed by atoms with Gasteiger partial charge in [0.2, 0.25) is 5.91 Å². The molecule has 1 amide bonds. The first-order valence-electron chi connectivity index (χ1n) is 8.30. The first-order chi connectivity index (χ1) is 10.8. The van der Waals surface area contributed by atoms with Crippen molar-refractivity contribution in [3.63, 3.8) is 0 Å². The number of amides is 1. The van der Waals surface area contributed by atoms with Crippen LogP contribution in [0.25, 0.3) is 0 Å². The normalized spacial score (nSPS) is 28.0. The number of ether oxygens (including phenoxy) is 1. The largest absolute Gasteiger partial charge is 0.375 e. The lowest BCUT2D eigenvalue weighted by molar-refractivity contribution is -0.139. The summed E-state index contributed by atoms with van der Waals surface area (Å²) in [5.41, 5.74) is 1.14. The van der Waals surface area contributed by atoms with Crippen LogP contribution >= 0.6 is 0 Å². The Morgan fingerprint density at radius 2 is 2.23 bits per heavy atom. The van der Waals surface area contributed by atoms with Crippen molar-refractivity contribution in [3.8, 4) is 0 Å². The average molecular weight is 303 g/mol. The van der Waals surface area contributed by atoms with Gasteiger partial charge in [-0.15, -0.1) is 0 Å². The molecule has 1 saturated carbocycles. The molecule has 2 fully saturated rings. The number of morpholine rings is 1. The maximum atomic E-state index is 12.8. The van der Waals surface area contributed by atoms with Gasteiger partial charge in [-0.3, -0.25) is 9.78 Å². The van der Waals surface area contributed by atoms with Crippen LogP contribution in [0.5, 0.6) is 0 Å². The van der Waals surface area contributed by atoms with Crippen molar-refractivity contribution in [3.05, 3.63) is 30.1 Å². The Labute approximate surface area is 132 Å². The lowest BCUT2D eigenvalue weighted by Crippen LogP contribution is -2.53. The van der Waals surface area contributed by atoms with E-state index in [0.717, 1.165) is 44.5 Å². The van der Waals surface area contributed by atoms with Crippen molar-refractivity contribution in [2.75, 3.05) is 19.7 Å². The van der Waals surface area contributed by atoms with Gasteiger partial charge in [0, 0.05) is 44.0 Å². The molecule has 3 atom stereocenters. The van der Waals surface area contributed by atoms with E-state index in [2.05, 4.69) is 10.3 Å². The summed E-state index contributed by atoms with van der Waals surface area (Å²) in [6.07, 6.45) is 6.68. The van der Waals surface area contributed by atoms with Gasteiger partial charge in [-0.2, -0.15) is 0 Å². The van der Waals surface area contributed by atoms with Gasteiger partial charge in [-0.1, -0.05) is 0 Å². The SMILES string of the molecule is CCN(Cc1ccncc1)C(=O)[C@H]1CC[C@H]2OCCN[C@@H]2C1. The number of nitrogens with one attached hydrogen (secondary N) is 1. The van der Waals surface area contributed by atoms with E-state index >= 15 is 0 Å². The summed E-state index contributed by atoms with van der Waals surface area (Å²) in [6, 6.07) is 4.29. The third kappa shape index (κ3) is 3.47. The third-order valence-electron chi connectivity index (χ3n) is 4.79. The summed E-state index contributed by atoms with van der Waals surface area (Å²) < 4.78 is 5.80. The van der Waals surface area contributed by atoms with Gasteiger partial charge in [-0.25, -0.2) is 0 Å². The molecular weight excluding hydrogens is 278 g/mol. The van der Waals surface area contributed by atoms with Crippen molar-refractivity contribution >= 4 is 5.91 Å². The summed E-state index contributed by atoms with van der Waals surface area (Å²) in [4.78, 5) is 18.8. The van der Waals surface area contributed by atoms with Gasteiger partial charge < -0.3 is 15.0 Å². The summed E-state index contributed by atoms with van der Waals surface area (Å²) in [5.74, 6) is 0.405. The molecule has 1 aromatic rings. The number of fused-ring (bicyclic) bond motifs is 1. The number of nitrogens with zero attached hydrogens (tertiary/aromatic N) is 2. The fourth-order valence-corrected chi connectivity index (χ4v) is 3.55. The van der Waals surface area contributed by atoms with Crippen LogP contribution in [0.2, 0.25) is 0 Å². The standard InChI is InChI=1S/C17H25N3O2/c1-2-20(12-13-5-7-18-8-6-13)17(21)14-3-4-16-15(11-14)19-9-10-22-16/h5-8,14-16,19H,2-4,9-12H2,1H3/t14-,15+,16+/m0/s1. The number of hydrogen-bond donors (Lipinski definition) is 1. The zero-order valence-corrected chi connectivity index (χ0v) is 13.2. The third-order valence-corrected chi connectivity index (χ3v) is 4.79. The number of rotatable bonds is 4. The smallest absolute Gasteiger partial charge is 0.226 e. The quantitative estimate of drug-likeness (QED) is 0.918. The molecule has 0 radical (unpaired) electrons. The van der Waals surface area contributed by atoms with Crippen molar-refractivity contribution < 1.29 is 9.53 Å². The first-order valence-corrected chi connectivity index (χ1v) is 8.30. The fourth-order valence-electron chi connectivity index (χ4n) is 3.55. The molecule has 3 rings (SSSR count). The molecular formula is C17H25N3O2. The molecule has 0 spiro atoms. The number of carbonyl (C=O) groups is 1. The Morgan fingerprint density at radius 3 is 3.00 bits per heavy atom. The van der Waals surface area contributed by atoms with Crippen LogP contribution in [0.1, 0.15) is 31.7 Å². The van der Waals surface area contributed by atoms with E-state index in [1.807, 2.05) is 24.0 Å². The first kappa shape index (κ1) is 15.4. The summed E-state index contributed by atoms with van der Waals surface area (Å²) >= 11 is 0. The summed E-state index contributed by atoms with van der Waals surface area (Å²) in [6.45, 7) is 5.16. The van der Waals surface area contributed by atoms with Crippen LogP contribution in [0.3, 0.4) is 0 Å².